The maximum Gasteiger partial charge on any atom is 0.283 e. The van der Waals surface area contributed by atoms with Crippen LogP contribution < -0.4 is 10.6 Å². The highest BCUT2D eigenvalue weighted by Gasteiger charge is 2.28. The normalized spacial score (nSPS) is 14.2. The number of pyridine rings is 1. The molecule has 5 rings (SSSR count). The van der Waals surface area contributed by atoms with E-state index in [4.69, 9.17) is 11.6 Å². The minimum atomic E-state index is -2.97. The summed E-state index contributed by atoms with van der Waals surface area (Å²) in [4.78, 5) is 23.6. The van der Waals surface area contributed by atoms with Crippen molar-refractivity contribution in [3.63, 3.8) is 0 Å². The predicted molar refractivity (Wildman–Crippen MR) is 131 cm³/mol. The summed E-state index contributed by atoms with van der Waals surface area (Å²) in [5, 5.41) is 20.9. The number of hydrogen-bond acceptors (Lipinski definition) is 7. The van der Waals surface area contributed by atoms with Gasteiger partial charge < -0.3 is 15.5 Å². The van der Waals surface area contributed by atoms with Gasteiger partial charge in [0, 0.05) is 35.3 Å². The van der Waals surface area contributed by atoms with Gasteiger partial charge in [0.15, 0.2) is 5.65 Å². The number of anilines is 1. The second-order valence-electron chi connectivity index (χ2n) is 8.69. The van der Waals surface area contributed by atoms with Crippen LogP contribution in [0.4, 0.5) is 14.6 Å². The third-order valence-corrected chi connectivity index (χ3v) is 6.35. The number of aromatic nitrogens is 4. The topological polar surface area (TPSA) is 111 Å². The summed E-state index contributed by atoms with van der Waals surface area (Å²) in [6.45, 7) is 3.09. The molecule has 0 unspecified atom stereocenters. The van der Waals surface area contributed by atoms with Gasteiger partial charge in [0.05, 0.1) is 23.8 Å². The van der Waals surface area contributed by atoms with Crippen LogP contribution in [0.25, 0.3) is 27.7 Å². The second-order valence-corrected chi connectivity index (χ2v) is 9.12. The standard InChI is InChI=1S/C24H21ClF2N8O/c1-12-20(16-5-6-29-18-7-13(25)3-4-15(16)18)24(30-9-19(36)32-14-10-34(2)11-14)35-23(31-12)17(8-28)21(33-35)22(26)27/h3-7,14,22,30H,9-11H2,1-2H3,(H,32,36). The molecule has 1 aromatic carbocycles. The molecule has 0 radical (unpaired) electrons. The van der Waals surface area contributed by atoms with Crippen molar-refractivity contribution < 1.29 is 13.6 Å². The number of carbonyl (C=O) groups excluding carboxylic acids is 1. The van der Waals surface area contributed by atoms with Crippen molar-refractivity contribution >= 4 is 39.9 Å². The van der Waals surface area contributed by atoms with Crippen molar-refractivity contribution in [2.45, 2.75) is 19.4 Å². The average molecular weight is 511 g/mol. The Labute approximate surface area is 209 Å². The fourth-order valence-corrected chi connectivity index (χ4v) is 4.66. The molecule has 4 heterocycles. The number of fused-ring (bicyclic) bond motifs is 2. The van der Waals surface area contributed by atoms with Gasteiger partial charge in [0.1, 0.15) is 23.1 Å². The summed E-state index contributed by atoms with van der Waals surface area (Å²) < 4.78 is 28.6. The molecule has 1 fully saturated rings. The van der Waals surface area contributed by atoms with Crippen LogP contribution in [0.1, 0.15) is 23.4 Å². The monoisotopic (exact) mass is 510 g/mol. The van der Waals surface area contributed by atoms with E-state index in [2.05, 4.69) is 30.6 Å². The summed E-state index contributed by atoms with van der Waals surface area (Å²) in [5.74, 6) is 0.0130. The fourth-order valence-electron chi connectivity index (χ4n) is 4.49. The average Bonchev–Trinajstić information content (AvgIpc) is 3.19. The zero-order valence-corrected chi connectivity index (χ0v) is 20.1. The number of benzene rings is 1. The van der Waals surface area contributed by atoms with Crippen molar-refractivity contribution in [1.82, 2.24) is 29.8 Å². The van der Waals surface area contributed by atoms with Gasteiger partial charge in [-0.3, -0.25) is 9.78 Å². The molecule has 1 aliphatic rings. The molecule has 0 saturated carbocycles. The van der Waals surface area contributed by atoms with Crippen molar-refractivity contribution in [1.29, 1.82) is 5.26 Å². The summed E-state index contributed by atoms with van der Waals surface area (Å²) in [6, 6.07) is 8.87. The third kappa shape index (κ3) is 4.19. The van der Waals surface area contributed by atoms with E-state index in [-0.39, 0.29) is 35.5 Å². The number of amides is 1. The second kappa shape index (κ2) is 9.29. The maximum atomic E-state index is 13.7. The number of carbonyl (C=O) groups is 1. The highest BCUT2D eigenvalue weighted by molar-refractivity contribution is 6.31. The minimum Gasteiger partial charge on any atom is -0.360 e. The van der Waals surface area contributed by atoms with Crippen molar-refractivity contribution in [3.8, 4) is 17.2 Å². The third-order valence-electron chi connectivity index (χ3n) is 6.11. The van der Waals surface area contributed by atoms with Crippen LogP contribution in [0.2, 0.25) is 5.02 Å². The summed E-state index contributed by atoms with van der Waals surface area (Å²) >= 11 is 6.15. The maximum absolute atomic E-state index is 13.7. The summed E-state index contributed by atoms with van der Waals surface area (Å²) in [7, 11) is 1.96. The Balaban J connectivity index is 1.67. The number of rotatable bonds is 6. The molecule has 4 aromatic rings. The van der Waals surface area contributed by atoms with Gasteiger partial charge in [-0.1, -0.05) is 17.7 Å². The van der Waals surface area contributed by atoms with Gasteiger partial charge in [0.2, 0.25) is 5.91 Å². The van der Waals surface area contributed by atoms with Gasteiger partial charge in [-0.25, -0.2) is 13.8 Å². The first-order chi connectivity index (χ1) is 17.3. The molecule has 3 aromatic heterocycles. The number of hydrogen-bond donors (Lipinski definition) is 2. The van der Waals surface area contributed by atoms with Gasteiger partial charge in [0.25, 0.3) is 6.43 Å². The molecule has 0 bridgehead atoms. The first kappa shape index (κ1) is 23.8. The van der Waals surface area contributed by atoms with E-state index in [0.29, 0.717) is 27.4 Å². The molecule has 1 amide bonds. The Kier molecular flexibility index (Phi) is 6.15. The number of nitrogens with zero attached hydrogens (tertiary/aromatic N) is 6. The Morgan fingerprint density at radius 2 is 2.11 bits per heavy atom. The van der Waals surface area contributed by atoms with E-state index in [9.17, 15) is 18.8 Å². The van der Waals surface area contributed by atoms with Gasteiger partial charge in [-0.15, -0.1) is 0 Å². The molecule has 184 valence electrons. The van der Waals surface area contributed by atoms with Crippen LogP contribution in [0.5, 0.6) is 0 Å². The van der Waals surface area contributed by atoms with Crippen molar-refractivity contribution in [2.75, 3.05) is 32.0 Å². The van der Waals surface area contributed by atoms with Crippen LogP contribution >= 0.6 is 11.6 Å². The van der Waals surface area contributed by atoms with E-state index in [1.165, 1.54) is 4.52 Å². The Morgan fingerprint density at radius 1 is 1.33 bits per heavy atom. The SMILES string of the molecule is Cc1nc2c(C#N)c(C(F)F)nn2c(NCC(=O)NC2CN(C)C2)c1-c1ccnc2cc(Cl)ccc12. The van der Waals surface area contributed by atoms with Gasteiger partial charge >= 0.3 is 0 Å². The number of likely N-dealkylation sites (N-methyl/N-ethyl adjacent to an activating group) is 1. The molecular weight excluding hydrogens is 490 g/mol. The molecule has 0 spiro atoms. The first-order valence-electron chi connectivity index (χ1n) is 11.1. The zero-order valence-electron chi connectivity index (χ0n) is 19.4. The minimum absolute atomic E-state index is 0.0148. The number of nitrogens with one attached hydrogen (secondary N) is 2. The molecule has 9 nitrogen and oxygen atoms in total. The number of nitriles is 1. The molecule has 0 aliphatic carbocycles. The Bertz CT molecular complexity index is 1540. The highest BCUT2D eigenvalue weighted by Crippen LogP contribution is 2.37. The number of aryl methyl sites for hydroxylation is 1. The van der Waals surface area contributed by atoms with Crippen molar-refractivity contribution in [2.24, 2.45) is 0 Å². The molecule has 12 heteroatoms. The lowest BCUT2D eigenvalue weighted by molar-refractivity contribution is -0.121. The number of alkyl halides is 2. The van der Waals surface area contributed by atoms with Crippen LogP contribution in [0.15, 0.2) is 30.5 Å². The van der Waals surface area contributed by atoms with E-state index < -0.39 is 12.1 Å². The van der Waals surface area contributed by atoms with Crippen LogP contribution in [-0.4, -0.2) is 63.1 Å². The number of likely N-dealkylation sites (tertiary alicyclic amines) is 1. The van der Waals surface area contributed by atoms with E-state index in [1.807, 2.05) is 13.1 Å². The lowest BCUT2D eigenvalue weighted by atomic mass is 10.00. The van der Waals surface area contributed by atoms with Crippen LogP contribution in [-0.2, 0) is 4.79 Å². The summed E-state index contributed by atoms with van der Waals surface area (Å²) in [5.41, 5.74) is 1.34. The smallest absolute Gasteiger partial charge is 0.283 e. The molecule has 36 heavy (non-hydrogen) atoms. The predicted octanol–water partition coefficient (Wildman–Crippen LogP) is 3.56. The molecule has 1 saturated heterocycles. The van der Waals surface area contributed by atoms with Crippen LogP contribution in [0, 0.1) is 18.3 Å². The number of halogens is 3. The van der Waals surface area contributed by atoms with E-state index in [0.717, 1.165) is 18.5 Å². The fraction of sp³-hybridized carbons (Fsp3) is 0.292. The lowest BCUT2D eigenvalue weighted by Gasteiger charge is -2.36. The van der Waals surface area contributed by atoms with E-state index >= 15 is 0 Å². The molecule has 2 N–H and O–H groups in total. The quantitative estimate of drug-likeness (QED) is 0.408. The largest absolute Gasteiger partial charge is 0.360 e. The van der Waals surface area contributed by atoms with Gasteiger partial charge in [-0.05, 0) is 37.7 Å². The highest BCUT2D eigenvalue weighted by atomic mass is 35.5. The Hall–Kier alpha value is -3.88. The zero-order chi connectivity index (χ0) is 25.6. The van der Waals surface area contributed by atoms with E-state index in [1.54, 1.807) is 37.4 Å². The first-order valence-corrected chi connectivity index (χ1v) is 11.5. The Morgan fingerprint density at radius 3 is 2.81 bits per heavy atom. The van der Waals surface area contributed by atoms with Crippen molar-refractivity contribution in [3.05, 3.63) is 52.4 Å². The molecule has 1 aliphatic heterocycles. The van der Waals surface area contributed by atoms with Gasteiger partial charge in [-0.2, -0.15) is 14.9 Å². The lowest BCUT2D eigenvalue weighted by Crippen LogP contribution is -2.58. The summed E-state index contributed by atoms with van der Waals surface area (Å²) in [6.07, 6.45) is -1.36. The molecule has 0 atom stereocenters. The molecular formula is C24H21ClF2N8O. The van der Waals surface area contributed by atoms with Crippen LogP contribution in [0.3, 0.4) is 0 Å².